The van der Waals surface area contributed by atoms with Crippen LogP contribution in [0.15, 0.2) is 71.0 Å². The van der Waals surface area contributed by atoms with Crippen LogP contribution >= 0.6 is 11.6 Å². The Labute approximate surface area is 196 Å². The Morgan fingerprint density at radius 1 is 1.15 bits per heavy atom. The number of aliphatic imine (C=N–C) groups is 1. The van der Waals surface area contributed by atoms with Crippen LogP contribution < -0.4 is 10.5 Å². The summed E-state index contributed by atoms with van der Waals surface area (Å²) < 4.78 is 58.5. The average Bonchev–Trinajstić information content (AvgIpc) is 2.77. The maximum atomic E-state index is 13.9. The number of alkyl halides is 3. The topological polar surface area (TPSA) is 91.6 Å². The molecule has 0 saturated heterocycles. The second-order valence-corrected chi connectivity index (χ2v) is 7.76. The van der Waals surface area contributed by atoms with Gasteiger partial charge in [-0.2, -0.15) is 18.4 Å². The lowest BCUT2D eigenvalue weighted by Gasteiger charge is -2.27. The van der Waals surface area contributed by atoms with Crippen molar-refractivity contribution < 1.29 is 27.4 Å². The zero-order valence-corrected chi connectivity index (χ0v) is 17.8. The summed E-state index contributed by atoms with van der Waals surface area (Å²) in [6.45, 7) is 0. The molecule has 34 heavy (non-hydrogen) atoms. The van der Waals surface area contributed by atoms with E-state index in [1.165, 1.54) is 30.3 Å². The largest absolute Gasteiger partial charge is 0.507 e. The zero-order valence-electron chi connectivity index (χ0n) is 17.1. The average molecular weight is 488 g/mol. The SMILES string of the molecule is N#CC1=C(N)Oc2cc(O)c(C=Nc3cc(C(F)(F)F)ccc3Cl)cc2[C@@H]1c1cccc(F)c1. The van der Waals surface area contributed by atoms with Crippen LogP contribution in [0.1, 0.15) is 28.2 Å². The molecule has 0 aliphatic carbocycles. The van der Waals surface area contributed by atoms with Crippen molar-refractivity contribution in [3.05, 3.63) is 99.1 Å². The minimum absolute atomic E-state index is 0.0230. The van der Waals surface area contributed by atoms with E-state index in [1.54, 1.807) is 6.07 Å². The van der Waals surface area contributed by atoms with E-state index in [0.717, 1.165) is 24.4 Å². The molecule has 1 aliphatic heterocycles. The standard InChI is InChI=1S/C24H14ClF4N3O2/c25-18-5-4-14(24(27,28)29)8-19(18)32-11-13-7-16-21(9-20(13)33)34-23(31)17(10-30)22(16)12-2-1-3-15(26)6-12/h1-9,11,22,33H,31H2/t22-/m0/s1. The lowest BCUT2D eigenvalue weighted by Crippen LogP contribution is -2.21. The molecule has 4 rings (SSSR count). The van der Waals surface area contributed by atoms with E-state index < -0.39 is 23.5 Å². The summed E-state index contributed by atoms with van der Waals surface area (Å²) in [5.74, 6) is -1.70. The minimum atomic E-state index is -4.59. The number of fused-ring (bicyclic) bond motifs is 1. The number of rotatable bonds is 3. The van der Waals surface area contributed by atoms with Crippen LogP contribution in [-0.4, -0.2) is 11.3 Å². The highest BCUT2D eigenvalue weighted by atomic mass is 35.5. The molecule has 1 heterocycles. The first kappa shape index (κ1) is 23.1. The highest BCUT2D eigenvalue weighted by Crippen LogP contribution is 2.44. The van der Waals surface area contributed by atoms with Gasteiger partial charge in [0, 0.05) is 23.4 Å². The molecular weight excluding hydrogens is 474 g/mol. The van der Waals surface area contributed by atoms with E-state index in [4.69, 9.17) is 22.1 Å². The van der Waals surface area contributed by atoms with Crippen LogP contribution in [0.3, 0.4) is 0 Å². The van der Waals surface area contributed by atoms with E-state index >= 15 is 0 Å². The van der Waals surface area contributed by atoms with Gasteiger partial charge in [0.2, 0.25) is 5.88 Å². The van der Waals surface area contributed by atoms with Crippen molar-refractivity contribution in [2.75, 3.05) is 0 Å². The number of nitriles is 1. The van der Waals surface area contributed by atoms with Gasteiger partial charge in [0.1, 0.15) is 29.0 Å². The highest BCUT2D eigenvalue weighted by molar-refractivity contribution is 6.33. The molecule has 3 N–H and O–H groups in total. The van der Waals surface area contributed by atoms with Gasteiger partial charge in [0.05, 0.1) is 22.2 Å². The van der Waals surface area contributed by atoms with Crippen molar-refractivity contribution in [3.8, 4) is 17.6 Å². The Morgan fingerprint density at radius 2 is 1.91 bits per heavy atom. The molecule has 5 nitrogen and oxygen atoms in total. The predicted octanol–water partition coefficient (Wildman–Crippen LogP) is 6.17. The van der Waals surface area contributed by atoms with Gasteiger partial charge in [-0.25, -0.2) is 4.39 Å². The van der Waals surface area contributed by atoms with E-state index in [2.05, 4.69) is 4.99 Å². The molecule has 0 amide bonds. The maximum absolute atomic E-state index is 13.9. The van der Waals surface area contributed by atoms with Crippen molar-refractivity contribution in [3.63, 3.8) is 0 Å². The summed E-state index contributed by atoms with van der Waals surface area (Å²) in [7, 11) is 0. The van der Waals surface area contributed by atoms with E-state index in [1.807, 2.05) is 6.07 Å². The van der Waals surface area contributed by atoms with Gasteiger partial charge >= 0.3 is 6.18 Å². The van der Waals surface area contributed by atoms with Crippen LogP contribution in [0, 0.1) is 17.1 Å². The molecule has 1 aliphatic rings. The number of phenolic OH excluding ortho intramolecular Hbond substituents is 1. The number of phenols is 1. The second-order valence-electron chi connectivity index (χ2n) is 7.35. The lowest BCUT2D eigenvalue weighted by atomic mass is 9.83. The molecule has 3 aromatic carbocycles. The van der Waals surface area contributed by atoms with Crippen LogP contribution in [0.25, 0.3) is 0 Å². The summed E-state index contributed by atoms with van der Waals surface area (Å²) in [6.07, 6.45) is -3.45. The number of nitrogens with zero attached hydrogens (tertiary/aromatic N) is 2. The van der Waals surface area contributed by atoms with E-state index in [-0.39, 0.29) is 39.2 Å². The lowest BCUT2D eigenvalue weighted by molar-refractivity contribution is -0.137. The van der Waals surface area contributed by atoms with Gasteiger partial charge in [0.15, 0.2) is 0 Å². The number of hydrogen-bond donors (Lipinski definition) is 2. The first-order chi connectivity index (χ1) is 16.1. The summed E-state index contributed by atoms with van der Waals surface area (Å²) in [5, 5.41) is 20.1. The fourth-order valence-electron chi connectivity index (χ4n) is 3.57. The molecule has 172 valence electrons. The number of nitrogens with two attached hydrogens (primary N) is 1. The number of hydrogen-bond acceptors (Lipinski definition) is 5. The molecule has 0 radical (unpaired) electrons. The highest BCUT2D eigenvalue weighted by Gasteiger charge is 2.32. The van der Waals surface area contributed by atoms with Gasteiger partial charge in [-0.3, -0.25) is 4.99 Å². The number of ether oxygens (including phenoxy) is 1. The third-order valence-electron chi connectivity index (χ3n) is 5.16. The van der Waals surface area contributed by atoms with Crippen molar-refractivity contribution in [2.45, 2.75) is 12.1 Å². The van der Waals surface area contributed by atoms with Crippen molar-refractivity contribution in [2.24, 2.45) is 10.7 Å². The Balaban J connectivity index is 1.81. The van der Waals surface area contributed by atoms with E-state index in [9.17, 15) is 27.9 Å². The summed E-state index contributed by atoms with van der Waals surface area (Å²) in [5.41, 5.74) is 5.73. The molecule has 0 fully saturated rings. The normalized spacial score (nSPS) is 15.7. The van der Waals surface area contributed by atoms with Gasteiger partial charge < -0.3 is 15.6 Å². The van der Waals surface area contributed by atoms with Gasteiger partial charge in [-0.05, 0) is 42.0 Å². The fourth-order valence-corrected chi connectivity index (χ4v) is 3.74. The summed E-state index contributed by atoms with van der Waals surface area (Å²) in [4.78, 5) is 4.01. The number of aromatic hydroxyl groups is 1. The van der Waals surface area contributed by atoms with Crippen LogP contribution in [-0.2, 0) is 6.18 Å². The van der Waals surface area contributed by atoms with Crippen molar-refractivity contribution in [1.29, 1.82) is 5.26 Å². The Morgan fingerprint density at radius 3 is 2.59 bits per heavy atom. The van der Waals surface area contributed by atoms with Gasteiger partial charge in [-0.1, -0.05) is 23.7 Å². The van der Waals surface area contributed by atoms with Crippen LogP contribution in [0.2, 0.25) is 5.02 Å². The quantitative estimate of drug-likeness (QED) is 0.341. The summed E-state index contributed by atoms with van der Waals surface area (Å²) in [6, 6.07) is 12.9. The molecule has 0 spiro atoms. The first-order valence-corrected chi connectivity index (χ1v) is 10.1. The molecule has 0 unspecified atom stereocenters. The smallest absolute Gasteiger partial charge is 0.416 e. The zero-order chi connectivity index (χ0) is 24.6. The third kappa shape index (κ3) is 4.40. The number of benzene rings is 3. The molecule has 3 aromatic rings. The predicted molar refractivity (Wildman–Crippen MR) is 118 cm³/mol. The Hall–Kier alpha value is -4.03. The van der Waals surface area contributed by atoms with Crippen LogP contribution in [0.4, 0.5) is 23.2 Å². The Kier molecular flexibility index (Phi) is 5.94. The van der Waals surface area contributed by atoms with E-state index in [0.29, 0.717) is 11.1 Å². The maximum Gasteiger partial charge on any atom is 0.416 e. The Bertz CT molecular complexity index is 1390. The second kappa shape index (κ2) is 8.72. The number of allylic oxidation sites excluding steroid dienone is 1. The monoisotopic (exact) mass is 487 g/mol. The molecule has 0 saturated carbocycles. The molecule has 0 bridgehead atoms. The minimum Gasteiger partial charge on any atom is -0.507 e. The first-order valence-electron chi connectivity index (χ1n) is 9.69. The molecule has 10 heteroatoms. The fraction of sp³-hybridized carbons (Fsp3) is 0.0833. The van der Waals surface area contributed by atoms with Gasteiger partial charge in [-0.15, -0.1) is 0 Å². The van der Waals surface area contributed by atoms with Crippen molar-refractivity contribution >= 4 is 23.5 Å². The molecular formula is C24H14ClF4N3O2. The number of halogens is 5. The van der Waals surface area contributed by atoms with Crippen molar-refractivity contribution in [1.82, 2.24) is 0 Å². The molecule has 0 aromatic heterocycles. The van der Waals surface area contributed by atoms with Crippen LogP contribution in [0.5, 0.6) is 11.5 Å². The summed E-state index contributed by atoms with van der Waals surface area (Å²) >= 11 is 5.98. The molecule has 1 atom stereocenters. The van der Waals surface area contributed by atoms with Gasteiger partial charge in [0.25, 0.3) is 0 Å². The third-order valence-corrected chi connectivity index (χ3v) is 5.48.